The summed E-state index contributed by atoms with van der Waals surface area (Å²) in [6.07, 6.45) is 1.02. The maximum Gasteiger partial charge on any atom is 0.264 e. The van der Waals surface area contributed by atoms with Crippen LogP contribution in [0.15, 0.2) is 93.9 Å². The molecule has 0 aliphatic carbocycles. The third kappa shape index (κ3) is 5.96. The van der Waals surface area contributed by atoms with Crippen molar-refractivity contribution in [1.29, 1.82) is 5.26 Å². The number of thioether (sulfide) groups is 1. The Labute approximate surface area is 221 Å². The van der Waals surface area contributed by atoms with Crippen LogP contribution in [0.25, 0.3) is 0 Å². The maximum atomic E-state index is 13.5. The summed E-state index contributed by atoms with van der Waals surface area (Å²) in [6.45, 7) is 0.376. The number of nitrogens with one attached hydrogen (secondary N) is 1. The number of halogens is 2. The predicted molar refractivity (Wildman–Crippen MR) is 144 cm³/mol. The lowest BCUT2D eigenvalue weighted by Crippen LogP contribution is -2.32. The fraction of sp³-hybridized carbons (Fsp3) is 0.148. The number of amides is 2. The molecule has 5 nitrogen and oxygen atoms in total. The summed E-state index contributed by atoms with van der Waals surface area (Å²) in [5, 5.41) is 13.2. The van der Waals surface area contributed by atoms with Gasteiger partial charge in [0.2, 0.25) is 5.91 Å². The zero-order chi connectivity index (χ0) is 24.8. The van der Waals surface area contributed by atoms with Crippen molar-refractivity contribution in [3.05, 3.63) is 110 Å². The summed E-state index contributed by atoms with van der Waals surface area (Å²) < 4.78 is 0.859. The molecule has 1 fully saturated rings. The number of hydrogen-bond donors (Lipinski definition) is 1. The number of benzene rings is 3. The molecule has 0 unspecified atom stereocenters. The minimum atomic E-state index is -0.519. The first kappa shape index (κ1) is 25.1. The Balaban J connectivity index is 1.62. The molecule has 1 saturated heterocycles. The van der Waals surface area contributed by atoms with Gasteiger partial charge >= 0.3 is 0 Å². The topological polar surface area (TPSA) is 73.2 Å². The van der Waals surface area contributed by atoms with Crippen LogP contribution < -0.4 is 10.2 Å². The first-order chi connectivity index (χ1) is 17.0. The molecule has 0 aromatic heterocycles. The highest BCUT2D eigenvalue weighted by atomic mass is 79.9. The molecule has 8 heteroatoms. The minimum Gasteiger partial charge on any atom is -0.351 e. The van der Waals surface area contributed by atoms with Gasteiger partial charge in [-0.3, -0.25) is 14.5 Å². The second-order valence-electron chi connectivity index (χ2n) is 7.84. The molecule has 0 saturated carbocycles. The quantitative estimate of drug-likeness (QED) is 0.286. The summed E-state index contributed by atoms with van der Waals surface area (Å²) in [6, 6.07) is 26.4. The molecule has 1 aliphatic rings. The summed E-state index contributed by atoms with van der Waals surface area (Å²) in [5.41, 5.74) is 2.43. The van der Waals surface area contributed by atoms with Gasteiger partial charge in [0, 0.05) is 21.7 Å². The Morgan fingerprint density at radius 2 is 1.74 bits per heavy atom. The average Bonchev–Trinajstić information content (AvgIpc) is 3.17. The van der Waals surface area contributed by atoms with Gasteiger partial charge in [-0.05, 0) is 54.3 Å². The molecular weight excluding hydrogens is 546 g/mol. The van der Waals surface area contributed by atoms with Crippen LogP contribution >= 0.6 is 39.3 Å². The normalized spacial score (nSPS) is 16.7. The van der Waals surface area contributed by atoms with Crippen molar-refractivity contribution in [3.8, 4) is 6.07 Å². The molecule has 0 bridgehead atoms. The molecule has 4 rings (SSSR count). The Bertz CT molecular complexity index is 1310. The molecule has 35 heavy (non-hydrogen) atoms. The van der Waals surface area contributed by atoms with Crippen molar-refractivity contribution in [2.24, 2.45) is 0 Å². The minimum absolute atomic E-state index is 0.0824. The monoisotopic (exact) mass is 565 g/mol. The molecule has 0 spiro atoms. The van der Waals surface area contributed by atoms with Crippen molar-refractivity contribution in [1.82, 2.24) is 5.32 Å². The number of nitriles is 1. The number of anilines is 1. The van der Waals surface area contributed by atoms with E-state index in [1.54, 1.807) is 18.2 Å². The van der Waals surface area contributed by atoms with E-state index in [2.05, 4.69) is 21.2 Å². The molecule has 1 N–H and O–H groups in total. The summed E-state index contributed by atoms with van der Waals surface area (Å²) in [5.74, 6) is -0.698. The van der Waals surface area contributed by atoms with Gasteiger partial charge in [0.1, 0.15) is 16.7 Å². The van der Waals surface area contributed by atoms with Crippen LogP contribution in [-0.2, 0) is 22.4 Å². The van der Waals surface area contributed by atoms with Crippen molar-refractivity contribution < 1.29 is 9.59 Å². The molecule has 3 aromatic rings. The first-order valence-electron chi connectivity index (χ1n) is 10.9. The zero-order valence-electron chi connectivity index (χ0n) is 18.6. The molecule has 2 amide bonds. The van der Waals surface area contributed by atoms with E-state index in [1.807, 2.05) is 66.7 Å². The Morgan fingerprint density at radius 1 is 1.06 bits per heavy atom. The van der Waals surface area contributed by atoms with E-state index in [-0.39, 0.29) is 11.5 Å². The van der Waals surface area contributed by atoms with Crippen LogP contribution in [-0.4, -0.2) is 23.6 Å². The van der Waals surface area contributed by atoms with Gasteiger partial charge in [-0.1, -0.05) is 87.8 Å². The number of carbonyl (C=O) groups is 2. The molecule has 1 aliphatic heterocycles. The van der Waals surface area contributed by atoms with Gasteiger partial charge in [0.25, 0.3) is 5.91 Å². The summed E-state index contributed by atoms with van der Waals surface area (Å²) in [4.78, 5) is 28.0. The number of hydrogen-bond acceptors (Lipinski definition) is 4. The highest BCUT2D eigenvalue weighted by Crippen LogP contribution is 2.42. The largest absolute Gasteiger partial charge is 0.351 e. The van der Waals surface area contributed by atoms with Crippen molar-refractivity contribution in [2.45, 2.75) is 18.1 Å². The fourth-order valence-electron chi connectivity index (χ4n) is 3.73. The van der Waals surface area contributed by atoms with Crippen LogP contribution in [0.3, 0.4) is 0 Å². The second kappa shape index (κ2) is 11.6. The zero-order valence-corrected chi connectivity index (χ0v) is 21.7. The molecule has 1 heterocycles. The fourth-order valence-corrected chi connectivity index (χ4v) is 5.50. The summed E-state index contributed by atoms with van der Waals surface area (Å²) in [7, 11) is 0. The third-order valence-corrected chi connectivity index (χ3v) is 7.66. The Morgan fingerprint density at radius 3 is 2.43 bits per heavy atom. The number of rotatable bonds is 7. The smallest absolute Gasteiger partial charge is 0.264 e. The third-order valence-electron chi connectivity index (χ3n) is 5.50. The van der Waals surface area contributed by atoms with Crippen molar-refractivity contribution in [2.75, 3.05) is 11.4 Å². The van der Waals surface area contributed by atoms with E-state index in [0.717, 1.165) is 15.6 Å². The Hall–Kier alpha value is -3.05. The van der Waals surface area contributed by atoms with E-state index in [4.69, 9.17) is 11.6 Å². The van der Waals surface area contributed by atoms with Gasteiger partial charge in [-0.15, -0.1) is 0 Å². The van der Waals surface area contributed by atoms with Crippen LogP contribution in [0.2, 0.25) is 5.02 Å². The number of nitrogens with zero attached hydrogens (tertiary/aromatic N) is 2. The SMILES string of the molecule is N#C/C(C(=O)NCCc1ccccc1)=C1/S[C@H](Cc2ccccc2Cl)C(=O)N1c1ccc(Br)cc1. The summed E-state index contributed by atoms with van der Waals surface area (Å²) >= 11 is 11.0. The van der Waals surface area contributed by atoms with Crippen LogP contribution in [0.1, 0.15) is 11.1 Å². The van der Waals surface area contributed by atoms with Crippen molar-refractivity contribution in [3.63, 3.8) is 0 Å². The van der Waals surface area contributed by atoms with Crippen LogP contribution in [0, 0.1) is 11.3 Å². The van der Waals surface area contributed by atoms with Crippen molar-refractivity contribution >= 4 is 56.8 Å². The van der Waals surface area contributed by atoms with Gasteiger partial charge in [-0.2, -0.15) is 5.26 Å². The van der Waals surface area contributed by atoms with E-state index < -0.39 is 11.2 Å². The van der Waals surface area contributed by atoms with E-state index in [0.29, 0.717) is 35.1 Å². The highest BCUT2D eigenvalue weighted by Gasteiger charge is 2.41. The highest BCUT2D eigenvalue weighted by molar-refractivity contribution is 9.10. The lowest BCUT2D eigenvalue weighted by Gasteiger charge is -2.19. The van der Waals surface area contributed by atoms with Crippen LogP contribution in [0.4, 0.5) is 5.69 Å². The first-order valence-corrected chi connectivity index (χ1v) is 13.0. The number of carbonyl (C=O) groups excluding carboxylic acids is 2. The Kier molecular flexibility index (Phi) is 8.29. The standard InChI is InChI=1S/C27H21BrClN3O2S/c28-20-10-12-21(13-11-20)32-26(34)24(16-19-8-4-5-9-23(19)29)35-27(32)22(17-30)25(33)31-15-14-18-6-2-1-3-7-18/h1-13,24H,14-16H2,(H,31,33)/b27-22-/t24-/m1/s1. The average molecular weight is 567 g/mol. The van der Waals surface area contributed by atoms with E-state index in [1.165, 1.54) is 16.7 Å². The molecule has 176 valence electrons. The van der Waals surface area contributed by atoms with Gasteiger partial charge in [0.15, 0.2) is 0 Å². The molecule has 3 aromatic carbocycles. The molecule has 1 atom stereocenters. The van der Waals surface area contributed by atoms with Gasteiger partial charge in [-0.25, -0.2) is 0 Å². The van der Waals surface area contributed by atoms with Gasteiger partial charge < -0.3 is 5.32 Å². The second-order valence-corrected chi connectivity index (χ2v) is 10.3. The van der Waals surface area contributed by atoms with E-state index >= 15 is 0 Å². The van der Waals surface area contributed by atoms with Gasteiger partial charge in [0.05, 0.1) is 5.25 Å². The lowest BCUT2D eigenvalue weighted by molar-refractivity contribution is -0.117. The predicted octanol–water partition coefficient (Wildman–Crippen LogP) is 5.89. The van der Waals surface area contributed by atoms with E-state index in [9.17, 15) is 14.9 Å². The maximum absolute atomic E-state index is 13.5. The molecular formula is C27H21BrClN3O2S. The van der Waals surface area contributed by atoms with Crippen LogP contribution in [0.5, 0.6) is 0 Å². The molecule has 0 radical (unpaired) electrons. The lowest BCUT2D eigenvalue weighted by atomic mass is 10.1.